The van der Waals surface area contributed by atoms with Gasteiger partial charge in [-0.1, -0.05) is 20.8 Å². The molecule has 0 unspecified atom stereocenters. The quantitative estimate of drug-likeness (QED) is 0.770. The first-order chi connectivity index (χ1) is 5.91. The summed E-state index contributed by atoms with van der Waals surface area (Å²) in [6, 6.07) is 3.98. The number of nitrogens with two attached hydrogens (primary N) is 1. The van der Waals surface area contributed by atoms with Gasteiger partial charge in [-0.25, -0.2) is 4.98 Å². The average Bonchev–Trinajstić information content (AvgIpc) is 2.01. The molecule has 0 amide bonds. The Morgan fingerprint density at radius 3 is 2.54 bits per heavy atom. The second kappa shape index (κ2) is 3.76. The first kappa shape index (κ1) is 10.7. The van der Waals surface area contributed by atoms with Crippen molar-refractivity contribution in [2.45, 2.75) is 26.8 Å². The van der Waals surface area contributed by atoms with E-state index in [1.165, 1.54) is 0 Å². The highest BCUT2D eigenvalue weighted by Crippen LogP contribution is 2.30. The molecule has 0 spiro atoms. The SMILES string of the molecule is CC(C)(C)[C@H](N)c1ccnc(Br)c1. The van der Waals surface area contributed by atoms with E-state index >= 15 is 0 Å². The van der Waals surface area contributed by atoms with E-state index in [0.29, 0.717) is 0 Å². The van der Waals surface area contributed by atoms with Crippen molar-refractivity contribution < 1.29 is 0 Å². The maximum atomic E-state index is 6.09. The third-order valence-corrected chi connectivity index (χ3v) is 2.48. The average molecular weight is 243 g/mol. The van der Waals surface area contributed by atoms with E-state index in [9.17, 15) is 0 Å². The van der Waals surface area contributed by atoms with Crippen molar-refractivity contribution in [1.29, 1.82) is 0 Å². The second-order valence-corrected chi connectivity index (χ2v) is 5.07. The van der Waals surface area contributed by atoms with E-state index < -0.39 is 0 Å². The molecule has 2 N–H and O–H groups in total. The van der Waals surface area contributed by atoms with Gasteiger partial charge in [-0.05, 0) is 39.0 Å². The molecule has 0 saturated heterocycles. The van der Waals surface area contributed by atoms with Gasteiger partial charge in [-0.3, -0.25) is 0 Å². The number of hydrogen-bond acceptors (Lipinski definition) is 2. The molecule has 3 heteroatoms. The number of halogens is 1. The molecule has 0 fully saturated rings. The molecule has 0 radical (unpaired) electrons. The summed E-state index contributed by atoms with van der Waals surface area (Å²) in [5.74, 6) is 0. The van der Waals surface area contributed by atoms with E-state index in [-0.39, 0.29) is 11.5 Å². The third-order valence-electron chi connectivity index (χ3n) is 2.04. The van der Waals surface area contributed by atoms with Crippen LogP contribution < -0.4 is 5.73 Å². The Hall–Kier alpha value is -0.410. The van der Waals surface area contributed by atoms with Crippen LogP contribution in [0.5, 0.6) is 0 Å². The van der Waals surface area contributed by atoms with Gasteiger partial charge in [0.2, 0.25) is 0 Å². The highest BCUT2D eigenvalue weighted by atomic mass is 79.9. The Kier molecular flexibility index (Phi) is 3.09. The van der Waals surface area contributed by atoms with E-state index in [4.69, 9.17) is 5.73 Å². The lowest BCUT2D eigenvalue weighted by atomic mass is 9.83. The summed E-state index contributed by atoms with van der Waals surface area (Å²) in [5, 5.41) is 0. The molecule has 1 aromatic rings. The van der Waals surface area contributed by atoms with Crippen LogP contribution in [0.3, 0.4) is 0 Å². The molecule has 0 aliphatic heterocycles. The minimum Gasteiger partial charge on any atom is -0.324 e. The topological polar surface area (TPSA) is 38.9 Å². The van der Waals surface area contributed by atoms with Crippen LogP contribution in [0, 0.1) is 5.41 Å². The first-order valence-electron chi connectivity index (χ1n) is 4.28. The van der Waals surface area contributed by atoms with Crippen LogP contribution >= 0.6 is 15.9 Å². The van der Waals surface area contributed by atoms with Crippen molar-refractivity contribution in [1.82, 2.24) is 4.98 Å². The predicted molar refractivity (Wildman–Crippen MR) is 58.3 cm³/mol. The van der Waals surface area contributed by atoms with Crippen LogP contribution in [0.1, 0.15) is 32.4 Å². The fraction of sp³-hybridized carbons (Fsp3) is 0.500. The molecule has 72 valence electrons. The van der Waals surface area contributed by atoms with Crippen molar-refractivity contribution in [3.63, 3.8) is 0 Å². The summed E-state index contributed by atoms with van der Waals surface area (Å²) >= 11 is 3.33. The molecule has 1 aromatic heterocycles. The van der Waals surface area contributed by atoms with Crippen LogP contribution in [0.15, 0.2) is 22.9 Å². The van der Waals surface area contributed by atoms with Gasteiger partial charge in [0, 0.05) is 12.2 Å². The van der Waals surface area contributed by atoms with Gasteiger partial charge >= 0.3 is 0 Å². The summed E-state index contributed by atoms with van der Waals surface area (Å²) in [7, 11) is 0. The monoisotopic (exact) mass is 242 g/mol. The molecular formula is C10H15BrN2. The van der Waals surface area contributed by atoms with E-state index in [0.717, 1.165) is 10.2 Å². The summed E-state index contributed by atoms with van der Waals surface area (Å²) < 4.78 is 0.838. The molecule has 13 heavy (non-hydrogen) atoms. The van der Waals surface area contributed by atoms with Crippen molar-refractivity contribution in [2.75, 3.05) is 0 Å². The van der Waals surface area contributed by atoms with Gasteiger partial charge in [0.1, 0.15) is 4.60 Å². The predicted octanol–water partition coefficient (Wildman–Crippen LogP) is 2.89. The normalized spacial score (nSPS) is 14.2. The third kappa shape index (κ3) is 2.78. The number of nitrogens with zero attached hydrogens (tertiary/aromatic N) is 1. The fourth-order valence-electron chi connectivity index (χ4n) is 1.11. The van der Waals surface area contributed by atoms with E-state index in [1.807, 2.05) is 12.1 Å². The van der Waals surface area contributed by atoms with Crippen LogP contribution in [0.25, 0.3) is 0 Å². The van der Waals surface area contributed by atoms with Gasteiger partial charge in [0.05, 0.1) is 0 Å². The van der Waals surface area contributed by atoms with Gasteiger partial charge in [0.15, 0.2) is 0 Å². The molecule has 1 atom stereocenters. The summed E-state index contributed by atoms with van der Waals surface area (Å²) in [5.41, 5.74) is 7.30. The largest absolute Gasteiger partial charge is 0.324 e. The number of aromatic nitrogens is 1. The van der Waals surface area contributed by atoms with Gasteiger partial charge < -0.3 is 5.73 Å². The number of pyridine rings is 1. The molecule has 0 bridgehead atoms. The van der Waals surface area contributed by atoms with Gasteiger partial charge in [-0.15, -0.1) is 0 Å². The molecule has 0 aliphatic rings. The minimum absolute atomic E-state index is 0.0480. The van der Waals surface area contributed by atoms with Crippen LogP contribution in [-0.4, -0.2) is 4.98 Å². The molecular weight excluding hydrogens is 228 g/mol. The molecule has 1 rings (SSSR count). The summed E-state index contributed by atoms with van der Waals surface area (Å²) in [6.45, 7) is 6.39. The van der Waals surface area contributed by atoms with Crippen LogP contribution in [0.4, 0.5) is 0 Å². The van der Waals surface area contributed by atoms with Crippen molar-refractivity contribution in [3.05, 3.63) is 28.5 Å². The highest BCUT2D eigenvalue weighted by Gasteiger charge is 2.22. The molecule has 0 aromatic carbocycles. The molecule has 1 heterocycles. The van der Waals surface area contributed by atoms with Crippen LogP contribution in [0.2, 0.25) is 0 Å². The van der Waals surface area contributed by atoms with Crippen molar-refractivity contribution in [2.24, 2.45) is 11.1 Å². The maximum Gasteiger partial charge on any atom is 0.106 e. The molecule has 0 aliphatic carbocycles. The van der Waals surface area contributed by atoms with Gasteiger partial charge in [-0.2, -0.15) is 0 Å². The zero-order valence-corrected chi connectivity index (χ0v) is 9.80. The zero-order chi connectivity index (χ0) is 10.1. The minimum atomic E-state index is 0.0480. The summed E-state index contributed by atoms with van der Waals surface area (Å²) in [6.07, 6.45) is 1.77. The standard InChI is InChI=1S/C10H15BrN2/c1-10(2,3)9(12)7-4-5-13-8(11)6-7/h4-6,9H,12H2,1-3H3/t9-/m1/s1. The number of hydrogen-bond donors (Lipinski definition) is 1. The van der Waals surface area contributed by atoms with Crippen molar-refractivity contribution >= 4 is 15.9 Å². The fourth-order valence-corrected chi connectivity index (χ4v) is 1.49. The lowest BCUT2D eigenvalue weighted by molar-refractivity contribution is 0.326. The first-order valence-corrected chi connectivity index (χ1v) is 5.07. The van der Waals surface area contributed by atoms with Gasteiger partial charge in [0.25, 0.3) is 0 Å². The maximum absolute atomic E-state index is 6.09. The van der Waals surface area contributed by atoms with Crippen LogP contribution in [-0.2, 0) is 0 Å². The van der Waals surface area contributed by atoms with E-state index in [2.05, 4.69) is 41.7 Å². The number of rotatable bonds is 1. The zero-order valence-electron chi connectivity index (χ0n) is 8.21. The highest BCUT2D eigenvalue weighted by molar-refractivity contribution is 9.10. The van der Waals surface area contributed by atoms with Crippen molar-refractivity contribution in [3.8, 4) is 0 Å². The Morgan fingerprint density at radius 2 is 2.08 bits per heavy atom. The Morgan fingerprint density at radius 1 is 1.46 bits per heavy atom. The smallest absolute Gasteiger partial charge is 0.106 e. The Bertz CT molecular complexity index is 291. The Labute approximate surface area is 87.7 Å². The summed E-state index contributed by atoms with van der Waals surface area (Å²) in [4.78, 5) is 4.07. The van der Waals surface area contributed by atoms with E-state index in [1.54, 1.807) is 6.20 Å². The second-order valence-electron chi connectivity index (χ2n) is 4.26. The Balaban J connectivity index is 2.96. The lowest BCUT2D eigenvalue weighted by Crippen LogP contribution is -2.26. The molecule has 0 saturated carbocycles. The lowest BCUT2D eigenvalue weighted by Gasteiger charge is -2.27. The molecule has 2 nitrogen and oxygen atoms in total.